The molecule has 1 aliphatic carbocycles. The summed E-state index contributed by atoms with van der Waals surface area (Å²) in [5.74, 6) is 0. The second kappa shape index (κ2) is 4.89. The maximum absolute atomic E-state index is 3.87. The summed E-state index contributed by atoms with van der Waals surface area (Å²) in [4.78, 5) is 2.78. The lowest BCUT2D eigenvalue weighted by Gasteiger charge is -2.53. The third-order valence-corrected chi connectivity index (χ3v) is 4.95. The molecule has 1 saturated carbocycles. The molecule has 1 saturated heterocycles. The highest BCUT2D eigenvalue weighted by Gasteiger charge is 2.45. The van der Waals surface area contributed by atoms with E-state index < -0.39 is 0 Å². The van der Waals surface area contributed by atoms with Gasteiger partial charge in [-0.2, -0.15) is 0 Å². The average molecular weight is 238 g/mol. The van der Waals surface area contributed by atoms with E-state index in [-0.39, 0.29) is 0 Å². The first-order valence-electron chi connectivity index (χ1n) is 7.51. The Labute approximate surface area is 107 Å². The number of piperazine rings is 1. The Bertz CT molecular complexity index is 254. The normalized spacial score (nSPS) is 29.6. The van der Waals surface area contributed by atoms with E-state index in [1.54, 1.807) is 0 Å². The van der Waals surface area contributed by atoms with E-state index >= 15 is 0 Å². The zero-order valence-corrected chi connectivity index (χ0v) is 12.2. The molecule has 0 radical (unpaired) electrons. The van der Waals surface area contributed by atoms with Gasteiger partial charge in [0.15, 0.2) is 0 Å². The molecule has 1 heterocycles. The van der Waals surface area contributed by atoms with E-state index in [1.165, 1.54) is 45.1 Å². The summed E-state index contributed by atoms with van der Waals surface area (Å²) in [6, 6.07) is 0.731. The fourth-order valence-corrected chi connectivity index (χ4v) is 3.81. The zero-order valence-electron chi connectivity index (χ0n) is 12.2. The van der Waals surface area contributed by atoms with Crippen molar-refractivity contribution in [2.75, 3.05) is 13.1 Å². The van der Waals surface area contributed by atoms with Crippen molar-refractivity contribution in [2.24, 2.45) is 0 Å². The largest absolute Gasteiger partial charge is 0.308 e. The summed E-state index contributed by atoms with van der Waals surface area (Å²) < 4.78 is 0. The molecule has 2 heteroatoms. The van der Waals surface area contributed by atoms with Gasteiger partial charge in [0.1, 0.15) is 0 Å². The highest BCUT2D eigenvalue weighted by atomic mass is 15.3. The molecule has 2 rings (SSSR count). The Kier molecular flexibility index (Phi) is 3.84. The number of hydrogen-bond donors (Lipinski definition) is 1. The fourth-order valence-electron chi connectivity index (χ4n) is 3.81. The van der Waals surface area contributed by atoms with Crippen LogP contribution in [-0.2, 0) is 0 Å². The number of nitrogens with one attached hydrogen (secondary N) is 1. The van der Waals surface area contributed by atoms with Crippen molar-refractivity contribution in [1.82, 2.24) is 10.2 Å². The van der Waals surface area contributed by atoms with Gasteiger partial charge in [-0.25, -0.2) is 0 Å². The molecule has 1 atom stereocenters. The van der Waals surface area contributed by atoms with E-state index in [4.69, 9.17) is 0 Å². The smallest absolute Gasteiger partial charge is 0.0309 e. The van der Waals surface area contributed by atoms with Crippen LogP contribution < -0.4 is 5.32 Å². The van der Waals surface area contributed by atoms with Crippen molar-refractivity contribution < 1.29 is 0 Å². The maximum atomic E-state index is 3.87. The molecule has 0 amide bonds. The van der Waals surface area contributed by atoms with Gasteiger partial charge in [0.2, 0.25) is 0 Å². The van der Waals surface area contributed by atoms with Crippen LogP contribution in [0.1, 0.15) is 66.2 Å². The molecule has 0 bridgehead atoms. The molecule has 1 N–H and O–H groups in total. The first kappa shape index (κ1) is 13.4. The predicted octanol–water partition coefficient (Wildman–Crippen LogP) is 3.17. The first-order chi connectivity index (χ1) is 7.99. The van der Waals surface area contributed by atoms with Gasteiger partial charge in [-0.15, -0.1) is 0 Å². The third kappa shape index (κ3) is 2.68. The monoisotopic (exact) mass is 238 g/mol. The summed E-state index contributed by atoms with van der Waals surface area (Å²) in [6.07, 6.45) is 8.25. The van der Waals surface area contributed by atoms with Gasteiger partial charge in [0.25, 0.3) is 0 Å². The second-order valence-electron chi connectivity index (χ2n) is 6.92. The van der Waals surface area contributed by atoms with Gasteiger partial charge in [0, 0.05) is 30.2 Å². The standard InChI is InChI=1S/C15H30N2/c1-5-8-13(2)17-12-15(9-6-7-10-15)16-11-14(17,3)4/h13,16H,5-12H2,1-4H3. The molecule has 2 nitrogen and oxygen atoms in total. The van der Waals surface area contributed by atoms with E-state index in [9.17, 15) is 0 Å². The second-order valence-corrected chi connectivity index (χ2v) is 6.92. The lowest BCUT2D eigenvalue weighted by atomic mass is 9.86. The van der Waals surface area contributed by atoms with E-state index in [0.717, 1.165) is 12.6 Å². The van der Waals surface area contributed by atoms with E-state index in [0.29, 0.717) is 11.1 Å². The van der Waals surface area contributed by atoms with Gasteiger partial charge >= 0.3 is 0 Å². The van der Waals surface area contributed by atoms with E-state index in [2.05, 4.69) is 37.9 Å². The van der Waals surface area contributed by atoms with Crippen molar-refractivity contribution in [3.63, 3.8) is 0 Å². The molecular weight excluding hydrogens is 208 g/mol. The zero-order chi connectivity index (χ0) is 12.5. The van der Waals surface area contributed by atoms with Crippen molar-refractivity contribution >= 4 is 0 Å². The Morgan fingerprint density at radius 1 is 1.24 bits per heavy atom. The van der Waals surface area contributed by atoms with Crippen molar-refractivity contribution in [3.05, 3.63) is 0 Å². The van der Waals surface area contributed by atoms with Gasteiger partial charge in [-0.1, -0.05) is 26.2 Å². The molecule has 1 unspecified atom stereocenters. The molecule has 1 spiro atoms. The van der Waals surface area contributed by atoms with Crippen LogP contribution >= 0.6 is 0 Å². The Hall–Kier alpha value is -0.0800. The molecule has 1 aliphatic heterocycles. The minimum absolute atomic E-state index is 0.322. The average Bonchev–Trinajstić information content (AvgIpc) is 2.71. The molecule has 0 aromatic heterocycles. The Balaban J connectivity index is 2.08. The van der Waals surface area contributed by atoms with Gasteiger partial charge in [-0.3, -0.25) is 4.90 Å². The van der Waals surface area contributed by atoms with Crippen molar-refractivity contribution in [2.45, 2.75) is 83.3 Å². The summed E-state index contributed by atoms with van der Waals surface area (Å²) in [7, 11) is 0. The minimum atomic E-state index is 0.322. The lowest BCUT2D eigenvalue weighted by molar-refractivity contribution is -0.00336. The summed E-state index contributed by atoms with van der Waals surface area (Å²) >= 11 is 0. The van der Waals surface area contributed by atoms with Crippen molar-refractivity contribution in [1.29, 1.82) is 0 Å². The summed E-state index contributed by atoms with van der Waals surface area (Å²) in [5, 5.41) is 3.87. The molecule has 100 valence electrons. The van der Waals surface area contributed by atoms with Crippen LogP contribution in [0.25, 0.3) is 0 Å². The molecular formula is C15H30N2. The van der Waals surface area contributed by atoms with Crippen LogP contribution in [0.3, 0.4) is 0 Å². The topological polar surface area (TPSA) is 15.3 Å². The number of nitrogens with zero attached hydrogens (tertiary/aromatic N) is 1. The van der Waals surface area contributed by atoms with Gasteiger partial charge < -0.3 is 5.32 Å². The van der Waals surface area contributed by atoms with Crippen LogP contribution in [0.15, 0.2) is 0 Å². The van der Waals surface area contributed by atoms with Gasteiger partial charge in [0.05, 0.1) is 0 Å². The van der Waals surface area contributed by atoms with Crippen LogP contribution in [0.5, 0.6) is 0 Å². The quantitative estimate of drug-likeness (QED) is 0.812. The fraction of sp³-hybridized carbons (Fsp3) is 1.00. The molecule has 2 aliphatic rings. The van der Waals surface area contributed by atoms with Crippen LogP contribution in [-0.4, -0.2) is 35.1 Å². The predicted molar refractivity (Wildman–Crippen MR) is 74.4 cm³/mol. The Morgan fingerprint density at radius 3 is 2.47 bits per heavy atom. The van der Waals surface area contributed by atoms with Crippen LogP contribution in [0, 0.1) is 0 Å². The van der Waals surface area contributed by atoms with Crippen molar-refractivity contribution in [3.8, 4) is 0 Å². The molecule has 2 fully saturated rings. The first-order valence-corrected chi connectivity index (χ1v) is 7.51. The van der Waals surface area contributed by atoms with E-state index in [1.807, 2.05) is 0 Å². The Morgan fingerprint density at radius 2 is 1.88 bits per heavy atom. The SMILES string of the molecule is CCCC(C)N1CC2(CCCC2)NCC1(C)C. The number of hydrogen-bond acceptors (Lipinski definition) is 2. The van der Waals surface area contributed by atoms with Crippen LogP contribution in [0.2, 0.25) is 0 Å². The third-order valence-electron chi connectivity index (χ3n) is 4.95. The summed E-state index contributed by atoms with van der Waals surface area (Å²) in [5.41, 5.74) is 0.778. The molecule has 0 aromatic rings. The minimum Gasteiger partial charge on any atom is -0.308 e. The number of rotatable bonds is 3. The molecule has 17 heavy (non-hydrogen) atoms. The maximum Gasteiger partial charge on any atom is 0.0309 e. The molecule has 0 aromatic carbocycles. The highest BCUT2D eigenvalue weighted by Crippen LogP contribution is 2.37. The van der Waals surface area contributed by atoms with Crippen LogP contribution in [0.4, 0.5) is 0 Å². The lowest BCUT2D eigenvalue weighted by Crippen LogP contribution is -2.69. The highest BCUT2D eigenvalue weighted by molar-refractivity contribution is 5.05. The van der Waals surface area contributed by atoms with Gasteiger partial charge in [-0.05, 0) is 40.0 Å². The summed E-state index contributed by atoms with van der Waals surface area (Å²) in [6.45, 7) is 11.9.